The number of hydrogen-bond acceptors (Lipinski definition) is 5. The Bertz CT molecular complexity index is 855. The number of alkyl carbamates (subject to hydrolysis) is 1. The number of benzene rings is 1. The molecule has 0 radical (unpaired) electrons. The minimum Gasteiger partial charge on any atom is -0.508 e. The van der Waals surface area contributed by atoms with Crippen LogP contribution in [0.5, 0.6) is 5.75 Å². The zero-order valence-corrected chi connectivity index (χ0v) is 22.4. The van der Waals surface area contributed by atoms with Crippen molar-refractivity contribution in [2.75, 3.05) is 0 Å². The van der Waals surface area contributed by atoms with Crippen LogP contribution in [0.3, 0.4) is 0 Å². The normalized spacial score (nSPS) is 14.7. The molecule has 0 aliphatic heterocycles. The van der Waals surface area contributed by atoms with Crippen LogP contribution in [0.2, 0.25) is 0 Å². The zero-order valence-electron chi connectivity index (χ0n) is 22.4. The van der Waals surface area contributed by atoms with Crippen molar-refractivity contribution in [1.29, 1.82) is 0 Å². The summed E-state index contributed by atoms with van der Waals surface area (Å²) in [5.41, 5.74) is -0.784. The zero-order chi connectivity index (χ0) is 26.4. The molecule has 1 aromatic carbocycles. The van der Waals surface area contributed by atoms with Gasteiger partial charge in [0, 0.05) is 11.6 Å². The summed E-state index contributed by atoms with van der Waals surface area (Å²) >= 11 is 0. The van der Waals surface area contributed by atoms with E-state index in [0.29, 0.717) is 12.0 Å². The van der Waals surface area contributed by atoms with Gasteiger partial charge in [0.1, 0.15) is 23.4 Å². The number of phenols is 1. The minimum absolute atomic E-state index is 0.00688. The van der Waals surface area contributed by atoms with E-state index in [9.17, 15) is 19.5 Å². The lowest BCUT2D eigenvalue weighted by atomic mass is 9.94. The summed E-state index contributed by atoms with van der Waals surface area (Å²) in [5, 5.41) is 15.8. The monoisotopic (exact) mass is 477 g/mol. The van der Waals surface area contributed by atoms with Crippen molar-refractivity contribution in [3.05, 3.63) is 29.8 Å². The van der Waals surface area contributed by atoms with E-state index in [2.05, 4.69) is 10.6 Å². The highest BCUT2D eigenvalue weighted by Crippen LogP contribution is 2.29. The lowest BCUT2D eigenvalue weighted by molar-refractivity contribution is -0.146. The number of rotatable bonds is 8. The molecule has 0 aromatic heterocycles. The number of phenolic OH excluding ortho intramolecular Hbond substituents is 1. The molecule has 0 saturated carbocycles. The summed E-state index contributed by atoms with van der Waals surface area (Å²) in [7, 11) is 0. The molecule has 0 saturated heterocycles. The number of nitrogens with one attached hydrogen (secondary N) is 2. The fraction of sp³-hybridized carbons (Fsp3) is 0.654. The van der Waals surface area contributed by atoms with Gasteiger partial charge < -0.3 is 25.4 Å². The maximum Gasteiger partial charge on any atom is 0.408 e. The average Bonchev–Trinajstić information content (AvgIpc) is 2.65. The fourth-order valence-corrected chi connectivity index (χ4v) is 3.53. The fourth-order valence-electron chi connectivity index (χ4n) is 3.53. The van der Waals surface area contributed by atoms with Gasteiger partial charge in [0.25, 0.3) is 0 Å². The Morgan fingerprint density at radius 1 is 1.06 bits per heavy atom. The van der Waals surface area contributed by atoms with Crippen LogP contribution in [0.4, 0.5) is 4.79 Å². The molecular weight excluding hydrogens is 434 g/mol. The molecule has 0 fully saturated rings. The van der Waals surface area contributed by atoms with Crippen molar-refractivity contribution in [2.45, 2.75) is 105 Å². The highest BCUT2D eigenvalue weighted by atomic mass is 16.6. The van der Waals surface area contributed by atoms with Gasteiger partial charge in [-0.3, -0.25) is 9.59 Å². The second-order valence-corrected chi connectivity index (χ2v) is 11.1. The Hall–Kier alpha value is -2.77. The van der Waals surface area contributed by atoms with Crippen LogP contribution < -0.4 is 10.6 Å². The van der Waals surface area contributed by atoms with Gasteiger partial charge in [0.2, 0.25) is 11.8 Å². The van der Waals surface area contributed by atoms with Crippen molar-refractivity contribution < 1.29 is 24.2 Å². The van der Waals surface area contributed by atoms with E-state index in [0.717, 1.165) is 0 Å². The van der Waals surface area contributed by atoms with Crippen molar-refractivity contribution in [3.8, 4) is 5.75 Å². The molecule has 8 nitrogen and oxygen atoms in total. The third-order valence-electron chi connectivity index (χ3n) is 5.17. The first-order valence-electron chi connectivity index (χ1n) is 11.9. The predicted octanol–water partition coefficient (Wildman–Crippen LogP) is 4.52. The quantitative estimate of drug-likeness (QED) is 0.510. The van der Waals surface area contributed by atoms with Crippen molar-refractivity contribution in [2.24, 2.45) is 5.92 Å². The van der Waals surface area contributed by atoms with Gasteiger partial charge in [-0.1, -0.05) is 32.4 Å². The first-order chi connectivity index (χ1) is 15.5. The van der Waals surface area contributed by atoms with Crippen LogP contribution in [-0.4, -0.2) is 51.1 Å². The number of carbonyl (C=O) groups is 3. The van der Waals surface area contributed by atoms with Gasteiger partial charge in [0.15, 0.2) is 0 Å². The molecule has 3 atom stereocenters. The molecular formula is C26H43N3O5. The highest BCUT2D eigenvalue weighted by molar-refractivity contribution is 5.92. The molecule has 192 valence electrons. The smallest absolute Gasteiger partial charge is 0.408 e. The van der Waals surface area contributed by atoms with E-state index in [4.69, 9.17) is 4.74 Å². The molecule has 3 unspecified atom stereocenters. The summed E-state index contributed by atoms with van der Waals surface area (Å²) < 4.78 is 5.39. The molecule has 0 aliphatic carbocycles. The Kier molecular flexibility index (Phi) is 9.97. The lowest BCUT2D eigenvalue weighted by Gasteiger charge is -2.39. The average molecular weight is 478 g/mol. The lowest BCUT2D eigenvalue weighted by Crippen LogP contribution is -2.58. The van der Waals surface area contributed by atoms with Crippen molar-refractivity contribution >= 4 is 17.9 Å². The van der Waals surface area contributed by atoms with Crippen LogP contribution in [-0.2, 0) is 14.3 Å². The van der Waals surface area contributed by atoms with Gasteiger partial charge >= 0.3 is 6.09 Å². The van der Waals surface area contributed by atoms with Crippen LogP contribution in [0.25, 0.3) is 0 Å². The molecule has 0 heterocycles. The Balaban J connectivity index is 3.52. The number of hydrogen-bond donors (Lipinski definition) is 3. The number of nitrogens with zero attached hydrogens (tertiary/aromatic N) is 1. The summed E-state index contributed by atoms with van der Waals surface area (Å²) in [6.45, 7) is 18.3. The van der Waals surface area contributed by atoms with Gasteiger partial charge in [-0.25, -0.2) is 4.79 Å². The van der Waals surface area contributed by atoms with Crippen LogP contribution in [0.15, 0.2) is 24.3 Å². The molecule has 0 aliphatic rings. The van der Waals surface area contributed by atoms with Gasteiger partial charge in [0.05, 0.1) is 0 Å². The van der Waals surface area contributed by atoms with E-state index in [1.54, 1.807) is 32.9 Å². The highest BCUT2D eigenvalue weighted by Gasteiger charge is 2.40. The van der Waals surface area contributed by atoms with E-state index in [1.807, 2.05) is 48.5 Å². The third kappa shape index (κ3) is 8.88. The van der Waals surface area contributed by atoms with E-state index < -0.39 is 35.2 Å². The standard InChI is InChI=1S/C26H43N3O5/c1-11-17(4)20(27-24(33)34-26(8,9)10)23(32)29(16(2)3)21(22(31)28-25(5,6)7)18-13-12-14-19(30)15-18/h12-17,20-21,30H,11H2,1-10H3,(H,27,33)(H,28,31). The number of amides is 3. The molecule has 0 bridgehead atoms. The van der Waals surface area contributed by atoms with Crippen LogP contribution in [0, 0.1) is 5.92 Å². The first kappa shape index (κ1) is 29.3. The number of aromatic hydroxyl groups is 1. The summed E-state index contributed by atoms with van der Waals surface area (Å²) in [6, 6.07) is 4.04. The second-order valence-electron chi connectivity index (χ2n) is 11.1. The van der Waals surface area contributed by atoms with E-state index in [1.165, 1.54) is 17.0 Å². The van der Waals surface area contributed by atoms with Crippen LogP contribution >= 0.6 is 0 Å². The van der Waals surface area contributed by atoms with Gasteiger partial charge in [-0.05, 0) is 79.0 Å². The molecule has 1 aromatic rings. The Labute approximate surface area is 204 Å². The van der Waals surface area contributed by atoms with E-state index in [-0.39, 0.29) is 23.6 Å². The summed E-state index contributed by atoms with van der Waals surface area (Å²) in [5.74, 6) is -0.989. The third-order valence-corrected chi connectivity index (χ3v) is 5.17. The largest absolute Gasteiger partial charge is 0.508 e. The minimum atomic E-state index is -1.01. The molecule has 3 N–H and O–H groups in total. The SMILES string of the molecule is CCC(C)C(NC(=O)OC(C)(C)C)C(=O)N(C(C)C)C(C(=O)NC(C)(C)C)c1cccc(O)c1. The van der Waals surface area contributed by atoms with Gasteiger partial charge in [-0.15, -0.1) is 0 Å². The predicted molar refractivity (Wildman–Crippen MR) is 133 cm³/mol. The molecule has 0 spiro atoms. The molecule has 3 amide bonds. The maximum atomic E-state index is 14.0. The number of carbonyl (C=O) groups excluding carboxylic acids is 3. The molecule has 34 heavy (non-hydrogen) atoms. The first-order valence-corrected chi connectivity index (χ1v) is 11.9. The topological polar surface area (TPSA) is 108 Å². The maximum absolute atomic E-state index is 14.0. The molecule has 8 heteroatoms. The summed E-state index contributed by atoms with van der Waals surface area (Å²) in [6.07, 6.45) is -0.0637. The van der Waals surface area contributed by atoms with Gasteiger partial charge in [-0.2, -0.15) is 0 Å². The van der Waals surface area contributed by atoms with Crippen molar-refractivity contribution in [1.82, 2.24) is 15.5 Å². The summed E-state index contributed by atoms with van der Waals surface area (Å²) in [4.78, 5) is 41.5. The van der Waals surface area contributed by atoms with E-state index >= 15 is 0 Å². The number of ether oxygens (including phenoxy) is 1. The Morgan fingerprint density at radius 3 is 2.09 bits per heavy atom. The molecule has 1 rings (SSSR count). The van der Waals surface area contributed by atoms with Crippen molar-refractivity contribution in [3.63, 3.8) is 0 Å². The van der Waals surface area contributed by atoms with Crippen LogP contribution in [0.1, 0.15) is 87.3 Å². The second kappa shape index (κ2) is 11.6. The Morgan fingerprint density at radius 2 is 1.65 bits per heavy atom.